The average molecular weight is 331 g/mol. The van der Waals surface area contributed by atoms with Crippen LogP contribution in [-0.4, -0.2) is 59.7 Å². The number of nitrogens with zero attached hydrogens (tertiary/aromatic N) is 3. The number of hydrogen-bond acceptors (Lipinski definition) is 5. The van der Waals surface area contributed by atoms with E-state index < -0.39 is 5.60 Å². The molecule has 2 rings (SSSR count). The van der Waals surface area contributed by atoms with Crippen LogP contribution in [0.1, 0.15) is 31.1 Å². The second kappa shape index (κ2) is 7.27. The SMILES string of the molecule is CC(C)(C)OC(=O)N1CCN(C(=O)c2ccccc2N=C=O)CC1. The van der Waals surface area contributed by atoms with Crippen LogP contribution in [0.4, 0.5) is 10.5 Å². The summed E-state index contributed by atoms with van der Waals surface area (Å²) in [7, 11) is 0. The van der Waals surface area contributed by atoms with Crippen molar-refractivity contribution >= 4 is 23.8 Å². The summed E-state index contributed by atoms with van der Waals surface area (Å²) in [5.74, 6) is -0.214. The molecule has 0 saturated carbocycles. The number of aliphatic imine (C=N–C) groups is 1. The van der Waals surface area contributed by atoms with Gasteiger partial charge in [0.25, 0.3) is 5.91 Å². The van der Waals surface area contributed by atoms with Crippen LogP contribution in [0.15, 0.2) is 29.3 Å². The molecule has 1 aromatic rings. The minimum atomic E-state index is -0.546. The van der Waals surface area contributed by atoms with Crippen molar-refractivity contribution in [2.24, 2.45) is 4.99 Å². The molecule has 128 valence electrons. The summed E-state index contributed by atoms with van der Waals surface area (Å²) in [6, 6.07) is 6.63. The maximum Gasteiger partial charge on any atom is 0.410 e. The molecule has 24 heavy (non-hydrogen) atoms. The van der Waals surface area contributed by atoms with Crippen molar-refractivity contribution in [2.75, 3.05) is 26.2 Å². The zero-order valence-electron chi connectivity index (χ0n) is 14.1. The second-order valence-corrected chi connectivity index (χ2v) is 6.48. The molecule has 0 unspecified atom stereocenters. The number of amides is 2. The van der Waals surface area contributed by atoms with E-state index in [-0.39, 0.29) is 12.0 Å². The molecule has 1 aliphatic heterocycles. The number of benzene rings is 1. The Bertz CT molecular complexity index is 667. The van der Waals surface area contributed by atoms with Crippen molar-refractivity contribution < 1.29 is 19.1 Å². The molecule has 1 fully saturated rings. The van der Waals surface area contributed by atoms with E-state index in [4.69, 9.17) is 4.74 Å². The van der Waals surface area contributed by atoms with Crippen LogP contribution in [0, 0.1) is 0 Å². The lowest BCUT2D eigenvalue weighted by molar-refractivity contribution is 0.0141. The van der Waals surface area contributed by atoms with E-state index in [0.29, 0.717) is 37.4 Å². The molecule has 0 spiro atoms. The second-order valence-electron chi connectivity index (χ2n) is 6.48. The van der Waals surface area contributed by atoms with Gasteiger partial charge in [0, 0.05) is 26.2 Å². The fourth-order valence-electron chi connectivity index (χ4n) is 2.39. The monoisotopic (exact) mass is 331 g/mol. The van der Waals surface area contributed by atoms with Crippen LogP contribution < -0.4 is 0 Å². The van der Waals surface area contributed by atoms with Gasteiger partial charge in [-0.05, 0) is 32.9 Å². The largest absolute Gasteiger partial charge is 0.444 e. The van der Waals surface area contributed by atoms with Gasteiger partial charge in [-0.1, -0.05) is 12.1 Å². The molecule has 1 aliphatic rings. The number of para-hydroxylation sites is 1. The Labute approximate surface area is 140 Å². The molecule has 0 bridgehead atoms. The molecular weight excluding hydrogens is 310 g/mol. The van der Waals surface area contributed by atoms with Crippen LogP contribution in [0.3, 0.4) is 0 Å². The summed E-state index contributed by atoms with van der Waals surface area (Å²) >= 11 is 0. The quantitative estimate of drug-likeness (QED) is 0.615. The standard InChI is InChI=1S/C17H21N3O4/c1-17(2,3)24-16(23)20-10-8-19(9-11-20)15(22)13-6-4-5-7-14(13)18-12-21/h4-7H,8-11H2,1-3H3. The molecule has 7 heteroatoms. The molecular formula is C17H21N3O4. The van der Waals surface area contributed by atoms with Gasteiger partial charge in [0.2, 0.25) is 6.08 Å². The predicted molar refractivity (Wildman–Crippen MR) is 87.9 cm³/mol. The molecule has 0 radical (unpaired) electrons. The van der Waals surface area contributed by atoms with E-state index in [2.05, 4.69) is 4.99 Å². The average Bonchev–Trinajstić information content (AvgIpc) is 2.54. The summed E-state index contributed by atoms with van der Waals surface area (Å²) < 4.78 is 5.33. The topological polar surface area (TPSA) is 79.3 Å². The minimum Gasteiger partial charge on any atom is -0.444 e. The number of ether oxygens (including phenoxy) is 1. The number of hydrogen-bond donors (Lipinski definition) is 0. The molecule has 0 N–H and O–H groups in total. The van der Waals surface area contributed by atoms with E-state index in [1.807, 2.05) is 20.8 Å². The first-order chi connectivity index (χ1) is 11.3. The summed E-state index contributed by atoms with van der Waals surface area (Å²) in [4.78, 5) is 41.9. The number of carbonyl (C=O) groups excluding carboxylic acids is 3. The van der Waals surface area contributed by atoms with E-state index in [1.165, 1.54) is 6.08 Å². The van der Waals surface area contributed by atoms with Crippen molar-refractivity contribution in [3.8, 4) is 0 Å². The van der Waals surface area contributed by atoms with Gasteiger partial charge < -0.3 is 14.5 Å². The summed E-state index contributed by atoms with van der Waals surface area (Å²) in [6.07, 6.45) is 1.09. The molecule has 0 aliphatic carbocycles. The van der Waals surface area contributed by atoms with Gasteiger partial charge in [0.15, 0.2) is 0 Å². The van der Waals surface area contributed by atoms with Gasteiger partial charge in [-0.2, -0.15) is 4.99 Å². The van der Waals surface area contributed by atoms with Crippen molar-refractivity contribution in [2.45, 2.75) is 26.4 Å². The van der Waals surface area contributed by atoms with E-state index in [9.17, 15) is 14.4 Å². The van der Waals surface area contributed by atoms with Gasteiger partial charge in [-0.15, -0.1) is 0 Å². The summed E-state index contributed by atoms with van der Waals surface area (Å²) in [5.41, 5.74) is 0.106. The molecule has 1 aromatic carbocycles. The highest BCUT2D eigenvalue weighted by Crippen LogP contribution is 2.21. The Balaban J connectivity index is 2.01. The van der Waals surface area contributed by atoms with E-state index >= 15 is 0 Å². The van der Waals surface area contributed by atoms with Crippen molar-refractivity contribution in [1.29, 1.82) is 0 Å². The van der Waals surface area contributed by atoms with Crippen LogP contribution in [0.5, 0.6) is 0 Å². The molecule has 0 aromatic heterocycles. The molecule has 2 amide bonds. The van der Waals surface area contributed by atoms with Crippen LogP contribution >= 0.6 is 0 Å². The first kappa shape index (κ1) is 17.7. The van der Waals surface area contributed by atoms with Gasteiger partial charge >= 0.3 is 6.09 Å². The molecule has 0 atom stereocenters. The van der Waals surface area contributed by atoms with E-state index in [1.54, 1.807) is 34.1 Å². The van der Waals surface area contributed by atoms with Crippen molar-refractivity contribution in [1.82, 2.24) is 9.80 Å². The van der Waals surface area contributed by atoms with Gasteiger partial charge in [0.1, 0.15) is 5.60 Å². The third-order valence-electron chi connectivity index (χ3n) is 3.52. The van der Waals surface area contributed by atoms with Crippen LogP contribution in [-0.2, 0) is 9.53 Å². The first-order valence-electron chi connectivity index (χ1n) is 7.76. The van der Waals surface area contributed by atoms with Gasteiger partial charge in [0.05, 0.1) is 11.3 Å². The fourth-order valence-corrected chi connectivity index (χ4v) is 2.39. The first-order valence-corrected chi connectivity index (χ1v) is 7.76. The zero-order valence-corrected chi connectivity index (χ0v) is 14.1. The number of carbonyl (C=O) groups is 2. The lowest BCUT2D eigenvalue weighted by Crippen LogP contribution is -2.51. The van der Waals surface area contributed by atoms with Crippen LogP contribution in [0.2, 0.25) is 0 Å². The number of rotatable bonds is 2. The lowest BCUT2D eigenvalue weighted by Gasteiger charge is -2.35. The van der Waals surface area contributed by atoms with E-state index in [0.717, 1.165) is 0 Å². The maximum atomic E-state index is 12.6. The zero-order chi connectivity index (χ0) is 17.7. The fraction of sp³-hybridized carbons (Fsp3) is 0.471. The number of piperazine rings is 1. The predicted octanol–water partition coefficient (Wildman–Crippen LogP) is 2.35. The molecule has 1 saturated heterocycles. The van der Waals surface area contributed by atoms with Crippen molar-refractivity contribution in [3.63, 3.8) is 0 Å². The highest BCUT2D eigenvalue weighted by Gasteiger charge is 2.28. The smallest absolute Gasteiger partial charge is 0.410 e. The van der Waals surface area contributed by atoms with Crippen LogP contribution in [0.25, 0.3) is 0 Å². The third kappa shape index (κ3) is 4.43. The molecule has 1 heterocycles. The normalized spacial score (nSPS) is 14.8. The Morgan fingerprint density at radius 1 is 1.08 bits per heavy atom. The maximum absolute atomic E-state index is 12.6. The summed E-state index contributed by atoms with van der Waals surface area (Å²) in [6.45, 7) is 7.05. The van der Waals surface area contributed by atoms with Crippen molar-refractivity contribution in [3.05, 3.63) is 29.8 Å². The minimum absolute atomic E-state index is 0.214. The van der Waals surface area contributed by atoms with Gasteiger partial charge in [-0.25, -0.2) is 9.59 Å². The Hall–Kier alpha value is -2.66. The Kier molecular flexibility index (Phi) is 5.36. The lowest BCUT2D eigenvalue weighted by atomic mass is 10.1. The Morgan fingerprint density at radius 2 is 1.67 bits per heavy atom. The Morgan fingerprint density at radius 3 is 2.25 bits per heavy atom. The highest BCUT2D eigenvalue weighted by atomic mass is 16.6. The highest BCUT2D eigenvalue weighted by molar-refractivity contribution is 5.99. The third-order valence-corrected chi connectivity index (χ3v) is 3.52. The summed E-state index contributed by atoms with van der Waals surface area (Å²) in [5, 5.41) is 0. The van der Waals surface area contributed by atoms with Gasteiger partial charge in [-0.3, -0.25) is 4.79 Å². The number of isocyanates is 1. The molecule has 7 nitrogen and oxygen atoms in total.